The second-order valence-corrected chi connectivity index (χ2v) is 9.83. The molecule has 2 aromatic carbocycles. The molecule has 9 heteroatoms. The number of nitrogens with one attached hydrogen (secondary N) is 2. The molecule has 7 nitrogen and oxygen atoms in total. The predicted molar refractivity (Wildman–Crippen MR) is 111 cm³/mol. The summed E-state index contributed by atoms with van der Waals surface area (Å²) in [5.41, 5.74) is 3.39. The fourth-order valence-electron chi connectivity index (χ4n) is 3.73. The smallest absolute Gasteiger partial charge is 0.263 e. The van der Waals surface area contributed by atoms with Gasteiger partial charge in [-0.15, -0.1) is 0 Å². The van der Waals surface area contributed by atoms with Crippen LogP contribution in [-0.2, 0) is 21.2 Å². The van der Waals surface area contributed by atoms with Crippen LogP contribution in [0.5, 0.6) is 5.75 Å². The monoisotopic (exact) mass is 436 g/mol. The van der Waals surface area contributed by atoms with E-state index in [4.69, 9.17) is 9.94 Å². The fourth-order valence-corrected chi connectivity index (χ4v) is 5.25. The highest BCUT2D eigenvalue weighted by atomic mass is 32.2. The number of ether oxygens (including phenoxy) is 1. The Hall–Kier alpha value is -2.49. The molecule has 0 radical (unpaired) electrons. The Kier molecular flexibility index (Phi) is 6.44. The van der Waals surface area contributed by atoms with Crippen molar-refractivity contribution in [3.05, 3.63) is 53.3 Å². The van der Waals surface area contributed by atoms with Crippen molar-refractivity contribution in [2.75, 3.05) is 18.6 Å². The third kappa shape index (κ3) is 4.63. The first-order valence-electron chi connectivity index (χ1n) is 9.53. The molecule has 1 aliphatic heterocycles. The lowest BCUT2D eigenvalue weighted by Crippen LogP contribution is -2.59. The number of sulfone groups is 1. The Morgan fingerprint density at radius 1 is 1.17 bits per heavy atom. The third-order valence-corrected chi connectivity index (χ3v) is 7.26. The van der Waals surface area contributed by atoms with Gasteiger partial charge in [0.25, 0.3) is 5.91 Å². The number of halogens is 1. The summed E-state index contributed by atoms with van der Waals surface area (Å²) in [6.45, 7) is 2.16. The number of methoxy groups -OCH3 is 1. The van der Waals surface area contributed by atoms with Gasteiger partial charge in [0, 0.05) is 18.2 Å². The van der Waals surface area contributed by atoms with E-state index in [9.17, 15) is 17.6 Å². The van der Waals surface area contributed by atoms with Crippen molar-refractivity contribution in [3.63, 3.8) is 0 Å². The van der Waals surface area contributed by atoms with E-state index in [2.05, 4.69) is 5.32 Å². The van der Waals surface area contributed by atoms with Gasteiger partial charge in [-0.05, 0) is 48.6 Å². The van der Waals surface area contributed by atoms with Crippen molar-refractivity contribution in [3.8, 4) is 16.9 Å². The molecule has 162 valence electrons. The number of benzene rings is 2. The fraction of sp³-hybridized carbons (Fsp3) is 0.381. The number of carbonyl (C=O) groups excluding carboxylic acids is 1. The highest BCUT2D eigenvalue weighted by Crippen LogP contribution is 2.30. The zero-order valence-corrected chi connectivity index (χ0v) is 17.7. The lowest BCUT2D eigenvalue weighted by Gasteiger charge is -2.35. The number of hydrogen-bond donors (Lipinski definition) is 3. The Balaban J connectivity index is 1.79. The summed E-state index contributed by atoms with van der Waals surface area (Å²) in [5, 5.41) is 12.2. The van der Waals surface area contributed by atoms with Gasteiger partial charge in [0.15, 0.2) is 0 Å². The van der Waals surface area contributed by atoms with Gasteiger partial charge in [0.2, 0.25) is 0 Å². The summed E-state index contributed by atoms with van der Waals surface area (Å²) >= 11 is 0. The van der Waals surface area contributed by atoms with Gasteiger partial charge in [-0.1, -0.05) is 18.2 Å². The van der Waals surface area contributed by atoms with Gasteiger partial charge in [0.1, 0.15) is 26.9 Å². The zero-order valence-electron chi connectivity index (χ0n) is 16.9. The van der Waals surface area contributed by atoms with Crippen LogP contribution in [-0.4, -0.2) is 43.7 Å². The van der Waals surface area contributed by atoms with Crippen LogP contribution in [0, 0.1) is 12.7 Å². The van der Waals surface area contributed by atoms with Crippen LogP contribution in [0.3, 0.4) is 0 Å². The molecule has 0 aromatic heterocycles. The number of amides is 1. The summed E-state index contributed by atoms with van der Waals surface area (Å²) in [6, 6.07) is 10.2. The van der Waals surface area contributed by atoms with Crippen LogP contribution in [0.25, 0.3) is 11.1 Å². The molecule has 0 bridgehead atoms. The molecule has 2 aromatic rings. The predicted octanol–water partition coefficient (Wildman–Crippen LogP) is 2.35. The zero-order chi connectivity index (χ0) is 21.9. The first kappa shape index (κ1) is 22.2. The molecule has 1 aliphatic rings. The maximum Gasteiger partial charge on any atom is 0.263 e. The molecule has 1 heterocycles. The van der Waals surface area contributed by atoms with Crippen LogP contribution >= 0.6 is 0 Å². The minimum absolute atomic E-state index is 0.0792. The van der Waals surface area contributed by atoms with Crippen LogP contribution in [0.15, 0.2) is 36.4 Å². The van der Waals surface area contributed by atoms with Gasteiger partial charge in [-0.3, -0.25) is 15.3 Å². The van der Waals surface area contributed by atoms with Crippen molar-refractivity contribution < 1.29 is 27.5 Å². The Morgan fingerprint density at radius 2 is 1.83 bits per heavy atom. The minimum atomic E-state index is -3.18. The van der Waals surface area contributed by atoms with Crippen molar-refractivity contribution in [1.82, 2.24) is 10.8 Å². The van der Waals surface area contributed by atoms with Crippen molar-refractivity contribution >= 4 is 15.7 Å². The molecular formula is C21H25FN2O5S. The van der Waals surface area contributed by atoms with Gasteiger partial charge in [0.05, 0.1) is 18.6 Å². The Bertz CT molecular complexity index is 1040. The summed E-state index contributed by atoms with van der Waals surface area (Å²) < 4.78 is 43.0. The SMILES string of the molecule is COc1ccc(-c2ccc(CNC3(C(=O)NO)CCS(=O)(=O)CC3)cc2C)c(F)c1. The lowest BCUT2D eigenvalue weighted by molar-refractivity contribution is -0.136. The van der Waals surface area contributed by atoms with Crippen molar-refractivity contribution in [2.24, 2.45) is 0 Å². The van der Waals surface area contributed by atoms with Crippen molar-refractivity contribution in [2.45, 2.75) is 31.8 Å². The van der Waals surface area contributed by atoms with E-state index in [1.165, 1.54) is 13.2 Å². The minimum Gasteiger partial charge on any atom is -0.497 e. The second kappa shape index (κ2) is 8.71. The second-order valence-electron chi connectivity index (χ2n) is 7.52. The van der Waals surface area contributed by atoms with E-state index in [0.717, 1.165) is 16.7 Å². The number of hydroxylamine groups is 1. The van der Waals surface area contributed by atoms with Gasteiger partial charge >= 0.3 is 0 Å². The number of hydrogen-bond acceptors (Lipinski definition) is 6. The molecule has 3 rings (SSSR count). The summed E-state index contributed by atoms with van der Waals surface area (Å²) in [5.74, 6) is -0.836. The normalized spacial score (nSPS) is 17.3. The molecule has 0 saturated carbocycles. The summed E-state index contributed by atoms with van der Waals surface area (Å²) in [7, 11) is -1.70. The Labute approximate surface area is 175 Å². The van der Waals surface area contributed by atoms with Crippen molar-refractivity contribution in [1.29, 1.82) is 0 Å². The van der Waals surface area contributed by atoms with E-state index >= 15 is 0 Å². The molecule has 1 amide bonds. The quantitative estimate of drug-likeness (QED) is 0.474. The topological polar surface area (TPSA) is 105 Å². The highest BCUT2D eigenvalue weighted by molar-refractivity contribution is 7.91. The maximum absolute atomic E-state index is 14.4. The first-order chi connectivity index (χ1) is 14.2. The average molecular weight is 437 g/mol. The molecule has 0 aliphatic carbocycles. The standard InChI is InChI=1S/C21H25FN2O5S/c1-14-11-15(3-5-17(14)18-6-4-16(29-2)12-19(18)22)13-23-21(20(25)24-26)7-9-30(27,28)10-8-21/h3-6,11-12,23,26H,7-10,13H2,1-2H3,(H,24,25). The third-order valence-electron chi connectivity index (χ3n) is 5.60. The average Bonchev–Trinajstić information content (AvgIpc) is 2.73. The number of carbonyl (C=O) groups is 1. The summed E-state index contributed by atoms with van der Waals surface area (Å²) in [4.78, 5) is 12.2. The van der Waals surface area contributed by atoms with E-state index < -0.39 is 21.3 Å². The molecule has 1 saturated heterocycles. The van der Waals surface area contributed by atoms with E-state index in [0.29, 0.717) is 17.9 Å². The van der Waals surface area contributed by atoms with Gasteiger partial charge < -0.3 is 4.74 Å². The van der Waals surface area contributed by atoms with Crippen LogP contribution in [0.1, 0.15) is 24.0 Å². The molecule has 3 N–H and O–H groups in total. The molecule has 0 unspecified atom stereocenters. The highest BCUT2D eigenvalue weighted by Gasteiger charge is 2.43. The Morgan fingerprint density at radius 3 is 2.40 bits per heavy atom. The molecular weight excluding hydrogens is 411 g/mol. The molecule has 1 fully saturated rings. The van der Waals surface area contributed by atoms with Gasteiger partial charge in [-0.25, -0.2) is 18.3 Å². The number of rotatable bonds is 6. The summed E-state index contributed by atoms with van der Waals surface area (Å²) in [6.07, 6.45) is 0.158. The first-order valence-corrected chi connectivity index (χ1v) is 11.4. The van der Waals surface area contributed by atoms with Crippen LogP contribution < -0.4 is 15.5 Å². The van der Waals surface area contributed by atoms with E-state index in [1.54, 1.807) is 23.7 Å². The molecule has 0 spiro atoms. The van der Waals surface area contributed by atoms with Crippen LogP contribution in [0.2, 0.25) is 0 Å². The molecule has 30 heavy (non-hydrogen) atoms. The van der Waals surface area contributed by atoms with E-state index in [-0.39, 0.29) is 30.2 Å². The maximum atomic E-state index is 14.4. The lowest BCUT2D eigenvalue weighted by atomic mass is 9.90. The van der Waals surface area contributed by atoms with Crippen LogP contribution in [0.4, 0.5) is 4.39 Å². The number of aryl methyl sites for hydroxylation is 1. The largest absolute Gasteiger partial charge is 0.497 e. The van der Waals surface area contributed by atoms with Gasteiger partial charge in [-0.2, -0.15) is 0 Å². The molecule has 0 atom stereocenters. The van der Waals surface area contributed by atoms with E-state index in [1.807, 2.05) is 19.1 Å².